The van der Waals surface area contributed by atoms with Crippen LogP contribution >= 0.6 is 23.2 Å². The summed E-state index contributed by atoms with van der Waals surface area (Å²) in [5.74, 6) is 5.84. The summed E-state index contributed by atoms with van der Waals surface area (Å²) in [5, 5.41) is 9.93. The summed E-state index contributed by atoms with van der Waals surface area (Å²) in [4.78, 5) is 4.41. The molecule has 0 aliphatic rings. The molecule has 0 spiro atoms. The molecule has 3 rings (SSSR count). The summed E-state index contributed by atoms with van der Waals surface area (Å²) in [5.41, 5.74) is 2.51. The molecule has 1 heterocycles. The summed E-state index contributed by atoms with van der Waals surface area (Å²) >= 11 is 12.0. The van der Waals surface area contributed by atoms with Crippen LogP contribution in [0, 0.1) is 11.8 Å². The fourth-order valence-corrected chi connectivity index (χ4v) is 2.37. The normalized spacial score (nSPS) is 10.4. The molecular weight excluding hydrogens is 309 g/mol. The van der Waals surface area contributed by atoms with Crippen molar-refractivity contribution in [3.63, 3.8) is 0 Å². The Hall–Kier alpha value is -1.99. The van der Waals surface area contributed by atoms with Crippen molar-refractivity contribution >= 4 is 34.3 Å². The monoisotopic (exact) mass is 317 g/mol. The van der Waals surface area contributed by atoms with Crippen molar-refractivity contribution < 1.29 is 9.52 Å². The second kappa shape index (κ2) is 5.79. The Labute approximate surface area is 131 Å². The van der Waals surface area contributed by atoms with Crippen LogP contribution in [0.5, 0.6) is 0 Å². The Bertz CT molecular complexity index is 875. The van der Waals surface area contributed by atoms with E-state index in [4.69, 9.17) is 32.7 Å². The number of nitrogens with zero attached hydrogens (tertiary/aromatic N) is 1. The van der Waals surface area contributed by atoms with E-state index in [0.717, 1.165) is 5.56 Å². The maximum atomic E-state index is 8.82. The number of fused-ring (bicyclic) bond motifs is 1. The third-order valence-corrected chi connectivity index (χ3v) is 3.28. The minimum Gasteiger partial charge on any atom is -0.435 e. The van der Waals surface area contributed by atoms with Gasteiger partial charge >= 0.3 is 0 Å². The van der Waals surface area contributed by atoms with Crippen LogP contribution < -0.4 is 0 Å². The number of halogens is 2. The highest BCUT2D eigenvalue weighted by Gasteiger charge is 2.12. The molecule has 0 bridgehead atoms. The Balaban J connectivity index is 2.20. The molecule has 2 aromatic carbocycles. The van der Waals surface area contributed by atoms with Gasteiger partial charge in [0.05, 0.1) is 5.56 Å². The second-order valence-electron chi connectivity index (χ2n) is 4.29. The van der Waals surface area contributed by atoms with Crippen molar-refractivity contribution in [2.45, 2.75) is 0 Å². The molecule has 0 saturated heterocycles. The number of hydrogen-bond donors (Lipinski definition) is 1. The van der Waals surface area contributed by atoms with Gasteiger partial charge in [0.1, 0.15) is 12.1 Å². The highest BCUT2D eigenvalue weighted by Crippen LogP contribution is 2.29. The van der Waals surface area contributed by atoms with E-state index in [1.807, 2.05) is 12.1 Å². The van der Waals surface area contributed by atoms with Gasteiger partial charge in [-0.3, -0.25) is 0 Å². The van der Waals surface area contributed by atoms with E-state index >= 15 is 0 Å². The molecule has 0 atom stereocenters. The largest absolute Gasteiger partial charge is 0.435 e. The van der Waals surface area contributed by atoms with Gasteiger partial charge in [0, 0.05) is 15.6 Å². The van der Waals surface area contributed by atoms with E-state index in [-0.39, 0.29) is 6.61 Å². The molecule has 0 amide bonds. The lowest BCUT2D eigenvalue weighted by molar-refractivity contribution is 0.350. The lowest BCUT2D eigenvalue weighted by atomic mass is 10.2. The van der Waals surface area contributed by atoms with Crippen molar-refractivity contribution in [1.29, 1.82) is 0 Å². The minimum atomic E-state index is -0.233. The average Bonchev–Trinajstić information content (AvgIpc) is 2.88. The van der Waals surface area contributed by atoms with E-state index in [9.17, 15) is 0 Å². The predicted molar refractivity (Wildman–Crippen MR) is 83.4 cm³/mol. The molecule has 0 radical (unpaired) electrons. The molecule has 0 unspecified atom stereocenters. The third-order valence-electron chi connectivity index (χ3n) is 2.83. The first-order valence-corrected chi connectivity index (χ1v) is 6.89. The molecule has 3 aromatic rings. The van der Waals surface area contributed by atoms with Crippen molar-refractivity contribution in [2.75, 3.05) is 6.61 Å². The molecule has 0 aliphatic carbocycles. The molecule has 104 valence electrons. The number of aromatic nitrogens is 1. The van der Waals surface area contributed by atoms with Crippen molar-refractivity contribution in [3.05, 3.63) is 52.0 Å². The quantitative estimate of drug-likeness (QED) is 0.686. The van der Waals surface area contributed by atoms with Gasteiger partial charge in [-0.25, -0.2) is 4.98 Å². The van der Waals surface area contributed by atoms with Crippen LogP contribution in [0.2, 0.25) is 10.0 Å². The van der Waals surface area contributed by atoms with Crippen LogP contribution in [-0.4, -0.2) is 16.7 Å². The van der Waals surface area contributed by atoms with Gasteiger partial charge in [0.2, 0.25) is 5.89 Å². The lowest BCUT2D eigenvalue weighted by Gasteiger charge is -1.95. The van der Waals surface area contributed by atoms with Gasteiger partial charge < -0.3 is 9.52 Å². The standard InChI is InChI=1S/C16H9Cl2NO2/c17-12-5-1-3-11(8-12)16-19-14-9-13(18)7-10(4-2-6-20)15(14)21-16/h1,3,5,7-9,20H,6H2. The third kappa shape index (κ3) is 2.88. The lowest BCUT2D eigenvalue weighted by Crippen LogP contribution is -1.79. The number of aliphatic hydroxyl groups excluding tert-OH is 1. The number of oxazole rings is 1. The molecule has 1 aromatic heterocycles. The summed E-state index contributed by atoms with van der Waals surface area (Å²) in [6.07, 6.45) is 0. The smallest absolute Gasteiger partial charge is 0.227 e. The fraction of sp³-hybridized carbons (Fsp3) is 0.0625. The Morgan fingerprint density at radius 2 is 2.00 bits per heavy atom. The Kier molecular flexibility index (Phi) is 3.85. The van der Waals surface area contributed by atoms with Crippen LogP contribution in [0.15, 0.2) is 40.8 Å². The SMILES string of the molecule is OCC#Cc1cc(Cl)cc2nc(-c3cccc(Cl)c3)oc12. The summed E-state index contributed by atoms with van der Waals surface area (Å²) in [6, 6.07) is 10.6. The summed E-state index contributed by atoms with van der Waals surface area (Å²) in [7, 11) is 0. The molecule has 0 saturated carbocycles. The van der Waals surface area contributed by atoms with Gasteiger partial charge in [-0.2, -0.15) is 0 Å². The second-order valence-corrected chi connectivity index (χ2v) is 5.16. The fourth-order valence-electron chi connectivity index (χ4n) is 1.97. The van der Waals surface area contributed by atoms with Gasteiger partial charge in [-0.15, -0.1) is 0 Å². The first-order chi connectivity index (χ1) is 10.2. The number of rotatable bonds is 1. The Morgan fingerprint density at radius 3 is 2.76 bits per heavy atom. The van der Waals surface area contributed by atoms with Gasteiger partial charge in [0.15, 0.2) is 5.58 Å². The first kappa shape index (κ1) is 14.0. The van der Waals surface area contributed by atoms with Gasteiger partial charge in [-0.05, 0) is 30.3 Å². The summed E-state index contributed by atoms with van der Waals surface area (Å²) in [6.45, 7) is -0.233. The number of benzene rings is 2. The molecule has 21 heavy (non-hydrogen) atoms. The van der Waals surface area contributed by atoms with E-state index < -0.39 is 0 Å². The predicted octanol–water partition coefficient (Wildman–Crippen LogP) is 4.15. The molecule has 1 N–H and O–H groups in total. The number of hydrogen-bond acceptors (Lipinski definition) is 3. The van der Waals surface area contributed by atoms with Crippen molar-refractivity contribution in [3.8, 4) is 23.3 Å². The minimum absolute atomic E-state index is 0.233. The average molecular weight is 318 g/mol. The van der Waals surface area contributed by atoms with Crippen LogP contribution in [0.1, 0.15) is 5.56 Å². The van der Waals surface area contributed by atoms with Crippen LogP contribution in [0.4, 0.5) is 0 Å². The topological polar surface area (TPSA) is 46.3 Å². The Morgan fingerprint density at radius 1 is 1.14 bits per heavy atom. The maximum Gasteiger partial charge on any atom is 0.227 e. The van der Waals surface area contributed by atoms with Gasteiger partial charge in [-0.1, -0.05) is 41.1 Å². The van der Waals surface area contributed by atoms with Crippen molar-refractivity contribution in [1.82, 2.24) is 4.98 Å². The van der Waals surface area contributed by atoms with E-state index in [1.54, 1.807) is 24.3 Å². The highest BCUT2D eigenvalue weighted by molar-refractivity contribution is 6.31. The molecular formula is C16H9Cl2NO2. The first-order valence-electron chi connectivity index (χ1n) is 6.13. The van der Waals surface area contributed by atoms with Gasteiger partial charge in [0.25, 0.3) is 0 Å². The van der Waals surface area contributed by atoms with Crippen LogP contribution in [-0.2, 0) is 0 Å². The maximum absolute atomic E-state index is 8.82. The molecule has 0 fully saturated rings. The summed E-state index contributed by atoms with van der Waals surface area (Å²) < 4.78 is 5.78. The van der Waals surface area contributed by atoms with E-state index in [0.29, 0.717) is 32.6 Å². The van der Waals surface area contributed by atoms with Crippen LogP contribution in [0.3, 0.4) is 0 Å². The van der Waals surface area contributed by atoms with Crippen LogP contribution in [0.25, 0.3) is 22.6 Å². The van der Waals surface area contributed by atoms with Crippen molar-refractivity contribution in [2.24, 2.45) is 0 Å². The number of aliphatic hydroxyl groups is 1. The molecule has 3 nitrogen and oxygen atoms in total. The zero-order valence-electron chi connectivity index (χ0n) is 10.7. The van der Waals surface area contributed by atoms with E-state index in [2.05, 4.69) is 16.8 Å². The van der Waals surface area contributed by atoms with E-state index in [1.165, 1.54) is 0 Å². The molecule has 5 heteroatoms. The molecule has 0 aliphatic heterocycles. The zero-order valence-corrected chi connectivity index (χ0v) is 12.2. The highest BCUT2D eigenvalue weighted by atomic mass is 35.5. The zero-order chi connectivity index (χ0) is 14.8.